The molecule has 0 spiro atoms. The first-order chi connectivity index (χ1) is 9.77. The van der Waals surface area contributed by atoms with Crippen molar-refractivity contribution in [3.63, 3.8) is 0 Å². The Morgan fingerprint density at radius 1 is 1.35 bits per heavy atom. The second kappa shape index (κ2) is 5.25. The van der Waals surface area contributed by atoms with Gasteiger partial charge < -0.3 is 15.0 Å². The van der Waals surface area contributed by atoms with Gasteiger partial charge in [-0.05, 0) is 25.0 Å². The fourth-order valence-electron chi connectivity index (χ4n) is 2.88. The van der Waals surface area contributed by atoms with Crippen molar-refractivity contribution >= 4 is 0 Å². The van der Waals surface area contributed by atoms with Crippen molar-refractivity contribution in [2.24, 2.45) is 5.73 Å². The van der Waals surface area contributed by atoms with E-state index in [1.54, 1.807) is 7.11 Å². The minimum Gasteiger partial charge on any atom is -0.497 e. The van der Waals surface area contributed by atoms with Gasteiger partial charge >= 0.3 is 0 Å². The molecule has 0 atom stereocenters. The first kappa shape index (κ1) is 13.1. The first-order valence-electron chi connectivity index (χ1n) is 6.96. The zero-order chi connectivity index (χ0) is 14.0. The molecule has 0 radical (unpaired) electrons. The van der Waals surface area contributed by atoms with E-state index < -0.39 is 0 Å². The van der Waals surface area contributed by atoms with Gasteiger partial charge in [0.05, 0.1) is 12.5 Å². The molecule has 1 aliphatic carbocycles. The highest BCUT2D eigenvalue weighted by atomic mass is 16.5. The van der Waals surface area contributed by atoms with Crippen LogP contribution in [0.25, 0.3) is 11.4 Å². The predicted molar refractivity (Wildman–Crippen MR) is 75.5 cm³/mol. The lowest BCUT2D eigenvalue weighted by molar-refractivity contribution is 0.284. The summed E-state index contributed by atoms with van der Waals surface area (Å²) >= 11 is 0. The van der Waals surface area contributed by atoms with E-state index in [9.17, 15) is 0 Å². The highest BCUT2D eigenvalue weighted by molar-refractivity contribution is 5.57. The van der Waals surface area contributed by atoms with Crippen LogP contribution in [0.3, 0.4) is 0 Å². The summed E-state index contributed by atoms with van der Waals surface area (Å²) in [6, 6.07) is 7.65. The van der Waals surface area contributed by atoms with Crippen LogP contribution >= 0.6 is 0 Å². The number of benzene rings is 1. The molecular formula is C15H19N3O2. The van der Waals surface area contributed by atoms with E-state index in [1.807, 2.05) is 24.3 Å². The second-order valence-corrected chi connectivity index (χ2v) is 5.35. The summed E-state index contributed by atoms with van der Waals surface area (Å²) in [6.45, 7) is 0.562. The van der Waals surface area contributed by atoms with Crippen LogP contribution in [0.2, 0.25) is 0 Å². The van der Waals surface area contributed by atoms with Crippen molar-refractivity contribution < 1.29 is 9.26 Å². The van der Waals surface area contributed by atoms with Crippen LogP contribution in [0.1, 0.15) is 31.6 Å². The van der Waals surface area contributed by atoms with Gasteiger partial charge in [0.1, 0.15) is 5.75 Å². The van der Waals surface area contributed by atoms with Crippen molar-refractivity contribution in [3.8, 4) is 17.1 Å². The SMILES string of the molecule is COc1cccc(-c2noc(C3(CN)CCCC3)n2)c1. The Bertz CT molecular complexity index is 588. The number of nitrogens with zero attached hydrogens (tertiary/aromatic N) is 2. The third-order valence-corrected chi connectivity index (χ3v) is 4.16. The van der Waals surface area contributed by atoms with Crippen LogP contribution in [-0.4, -0.2) is 23.8 Å². The molecule has 0 saturated heterocycles. The van der Waals surface area contributed by atoms with Gasteiger partial charge in [-0.3, -0.25) is 0 Å². The van der Waals surface area contributed by atoms with Crippen LogP contribution in [-0.2, 0) is 5.41 Å². The standard InChI is InChI=1S/C15H19N3O2/c1-19-12-6-4-5-11(9-12)13-17-14(20-18-13)15(10-16)7-2-3-8-15/h4-6,9H,2-3,7-8,10,16H2,1H3. The van der Waals surface area contributed by atoms with Crippen molar-refractivity contribution in [1.82, 2.24) is 10.1 Å². The Morgan fingerprint density at radius 2 is 2.15 bits per heavy atom. The number of hydrogen-bond acceptors (Lipinski definition) is 5. The molecule has 1 aliphatic rings. The van der Waals surface area contributed by atoms with Crippen molar-refractivity contribution in [2.45, 2.75) is 31.1 Å². The molecule has 2 aromatic rings. The second-order valence-electron chi connectivity index (χ2n) is 5.35. The summed E-state index contributed by atoms with van der Waals surface area (Å²) in [7, 11) is 1.64. The Kier molecular flexibility index (Phi) is 3.44. The van der Waals surface area contributed by atoms with Gasteiger partial charge in [-0.15, -0.1) is 0 Å². The molecule has 0 bridgehead atoms. The van der Waals surface area contributed by atoms with E-state index in [0.717, 1.165) is 24.2 Å². The zero-order valence-corrected chi connectivity index (χ0v) is 11.6. The summed E-state index contributed by atoms with van der Waals surface area (Å²) in [5, 5.41) is 4.10. The van der Waals surface area contributed by atoms with Crippen molar-refractivity contribution in [3.05, 3.63) is 30.2 Å². The normalized spacial score (nSPS) is 17.3. The van der Waals surface area contributed by atoms with E-state index in [2.05, 4.69) is 10.1 Å². The van der Waals surface area contributed by atoms with Gasteiger partial charge in [-0.1, -0.05) is 30.1 Å². The van der Waals surface area contributed by atoms with Gasteiger partial charge in [-0.2, -0.15) is 4.98 Å². The largest absolute Gasteiger partial charge is 0.497 e. The van der Waals surface area contributed by atoms with Crippen molar-refractivity contribution in [1.29, 1.82) is 0 Å². The molecule has 1 aromatic carbocycles. The molecule has 2 N–H and O–H groups in total. The molecule has 0 amide bonds. The quantitative estimate of drug-likeness (QED) is 0.926. The highest BCUT2D eigenvalue weighted by Gasteiger charge is 2.39. The number of rotatable bonds is 4. The van der Waals surface area contributed by atoms with Crippen molar-refractivity contribution in [2.75, 3.05) is 13.7 Å². The summed E-state index contributed by atoms with van der Waals surface area (Å²) in [4.78, 5) is 4.57. The molecule has 0 aliphatic heterocycles. The minimum absolute atomic E-state index is 0.121. The lowest BCUT2D eigenvalue weighted by Gasteiger charge is -2.21. The molecule has 20 heavy (non-hydrogen) atoms. The van der Waals surface area contributed by atoms with Gasteiger partial charge in [0, 0.05) is 12.1 Å². The monoisotopic (exact) mass is 273 g/mol. The highest BCUT2D eigenvalue weighted by Crippen LogP contribution is 2.40. The van der Waals surface area contributed by atoms with Crippen LogP contribution in [0.5, 0.6) is 5.75 Å². The zero-order valence-electron chi connectivity index (χ0n) is 11.6. The number of ether oxygens (including phenoxy) is 1. The molecule has 5 heteroatoms. The van der Waals surface area contributed by atoms with Crippen LogP contribution < -0.4 is 10.5 Å². The van der Waals surface area contributed by atoms with Gasteiger partial charge in [-0.25, -0.2) is 0 Å². The Labute approximate surface area is 118 Å². The van der Waals surface area contributed by atoms with Gasteiger partial charge in [0.25, 0.3) is 0 Å². The van der Waals surface area contributed by atoms with E-state index in [-0.39, 0.29) is 5.41 Å². The predicted octanol–water partition coefficient (Wildman–Crippen LogP) is 2.52. The molecule has 1 aromatic heterocycles. The lowest BCUT2D eigenvalue weighted by Crippen LogP contribution is -2.32. The third kappa shape index (κ3) is 2.18. The maximum atomic E-state index is 5.95. The Balaban J connectivity index is 1.93. The maximum absolute atomic E-state index is 5.95. The lowest BCUT2D eigenvalue weighted by atomic mass is 9.86. The van der Waals surface area contributed by atoms with Crippen LogP contribution in [0, 0.1) is 0 Å². The van der Waals surface area contributed by atoms with E-state index in [0.29, 0.717) is 18.3 Å². The fraction of sp³-hybridized carbons (Fsp3) is 0.467. The molecule has 1 heterocycles. The summed E-state index contributed by atoms with van der Waals surface area (Å²) in [5.74, 6) is 2.05. The molecule has 3 rings (SSSR count). The fourth-order valence-corrected chi connectivity index (χ4v) is 2.88. The van der Waals surface area contributed by atoms with Crippen LogP contribution in [0.15, 0.2) is 28.8 Å². The Morgan fingerprint density at radius 3 is 2.85 bits per heavy atom. The van der Waals surface area contributed by atoms with E-state index in [1.165, 1.54) is 12.8 Å². The van der Waals surface area contributed by atoms with E-state index in [4.69, 9.17) is 15.0 Å². The number of hydrogen-bond donors (Lipinski definition) is 1. The third-order valence-electron chi connectivity index (χ3n) is 4.16. The average Bonchev–Trinajstić information content (AvgIpc) is 3.17. The summed E-state index contributed by atoms with van der Waals surface area (Å²) in [5.41, 5.74) is 6.72. The molecule has 1 fully saturated rings. The molecular weight excluding hydrogens is 254 g/mol. The molecule has 0 unspecified atom stereocenters. The minimum atomic E-state index is -0.121. The Hall–Kier alpha value is -1.88. The number of methoxy groups -OCH3 is 1. The summed E-state index contributed by atoms with van der Waals surface area (Å²) < 4.78 is 10.7. The topological polar surface area (TPSA) is 74.2 Å². The van der Waals surface area contributed by atoms with Gasteiger partial charge in [0.15, 0.2) is 0 Å². The molecule has 5 nitrogen and oxygen atoms in total. The van der Waals surface area contributed by atoms with Crippen LogP contribution in [0.4, 0.5) is 0 Å². The molecule has 1 saturated carbocycles. The molecule has 106 valence electrons. The number of aromatic nitrogens is 2. The van der Waals surface area contributed by atoms with Gasteiger partial charge in [0.2, 0.25) is 11.7 Å². The number of nitrogens with two attached hydrogens (primary N) is 1. The first-order valence-corrected chi connectivity index (χ1v) is 6.96. The smallest absolute Gasteiger partial charge is 0.234 e. The maximum Gasteiger partial charge on any atom is 0.234 e. The van der Waals surface area contributed by atoms with E-state index >= 15 is 0 Å². The average molecular weight is 273 g/mol. The summed E-state index contributed by atoms with van der Waals surface area (Å²) in [6.07, 6.45) is 4.41.